The predicted octanol–water partition coefficient (Wildman–Crippen LogP) is 2.38. The van der Waals surface area contributed by atoms with E-state index in [1.807, 2.05) is 26.0 Å². The summed E-state index contributed by atoms with van der Waals surface area (Å²) in [6.45, 7) is 7.97. The Hall–Kier alpha value is -3.03. The quantitative estimate of drug-likeness (QED) is 0.730. The van der Waals surface area contributed by atoms with Crippen LogP contribution >= 0.6 is 0 Å². The van der Waals surface area contributed by atoms with Gasteiger partial charge in [0.15, 0.2) is 0 Å². The molecule has 0 bridgehead atoms. The van der Waals surface area contributed by atoms with Gasteiger partial charge in [-0.05, 0) is 44.9 Å². The topological polar surface area (TPSA) is 98.7 Å². The fraction of sp³-hybridized carbons (Fsp3) is 0.389. The zero-order chi connectivity index (χ0) is 18.7. The number of rotatable bonds is 6. The molecule has 0 aliphatic carbocycles. The molecule has 8 nitrogen and oxygen atoms in total. The highest BCUT2D eigenvalue weighted by Gasteiger charge is 2.19. The van der Waals surface area contributed by atoms with Crippen LogP contribution in [0.4, 0.5) is 0 Å². The maximum absolute atomic E-state index is 12.4. The summed E-state index contributed by atoms with van der Waals surface area (Å²) in [4.78, 5) is 20.9. The first-order chi connectivity index (χ1) is 12.5. The smallest absolute Gasteiger partial charge is 0.249 e. The third-order valence-electron chi connectivity index (χ3n) is 4.26. The van der Waals surface area contributed by atoms with Gasteiger partial charge in [0.1, 0.15) is 18.3 Å². The highest BCUT2D eigenvalue weighted by molar-refractivity contribution is 5.76. The van der Waals surface area contributed by atoms with Crippen LogP contribution < -0.4 is 5.32 Å². The van der Waals surface area contributed by atoms with E-state index in [2.05, 4.69) is 32.5 Å². The fourth-order valence-corrected chi connectivity index (χ4v) is 2.89. The molecular weight excluding hydrogens is 332 g/mol. The molecule has 0 aromatic carbocycles. The monoisotopic (exact) mass is 354 g/mol. The number of hydrogen-bond acceptors (Lipinski definition) is 6. The lowest BCUT2D eigenvalue weighted by Crippen LogP contribution is -2.31. The van der Waals surface area contributed by atoms with Crippen molar-refractivity contribution in [2.45, 2.75) is 46.7 Å². The molecule has 3 aromatic heterocycles. The zero-order valence-electron chi connectivity index (χ0n) is 15.4. The van der Waals surface area contributed by atoms with Gasteiger partial charge in [-0.1, -0.05) is 18.1 Å². The molecule has 3 aromatic rings. The molecule has 0 unspecified atom stereocenters. The van der Waals surface area contributed by atoms with E-state index in [9.17, 15) is 4.79 Å². The number of nitrogens with zero attached hydrogens (tertiary/aromatic N) is 5. The second-order valence-corrected chi connectivity index (χ2v) is 6.12. The van der Waals surface area contributed by atoms with Crippen molar-refractivity contribution in [2.24, 2.45) is 0 Å². The zero-order valence-corrected chi connectivity index (χ0v) is 15.4. The summed E-state index contributed by atoms with van der Waals surface area (Å²) in [6, 6.07) is 5.06. The van der Waals surface area contributed by atoms with Crippen molar-refractivity contribution in [3.05, 3.63) is 47.2 Å². The van der Waals surface area contributed by atoms with Crippen molar-refractivity contribution in [3.63, 3.8) is 0 Å². The maximum Gasteiger partial charge on any atom is 0.249 e. The van der Waals surface area contributed by atoms with Crippen LogP contribution in [0.2, 0.25) is 0 Å². The van der Waals surface area contributed by atoms with Gasteiger partial charge in [0.05, 0.1) is 5.69 Å². The van der Waals surface area contributed by atoms with Crippen LogP contribution in [-0.2, 0) is 17.8 Å². The van der Waals surface area contributed by atoms with Gasteiger partial charge in [0.25, 0.3) is 0 Å². The Balaban J connectivity index is 1.66. The molecule has 0 aliphatic heterocycles. The minimum absolute atomic E-state index is 0.151. The highest BCUT2D eigenvalue weighted by Crippen LogP contribution is 2.17. The summed E-state index contributed by atoms with van der Waals surface area (Å²) in [5.74, 6) is 0.567. The lowest BCUT2D eigenvalue weighted by atomic mass is 10.1. The lowest BCUT2D eigenvalue weighted by Gasteiger charge is -2.10. The van der Waals surface area contributed by atoms with E-state index in [0.29, 0.717) is 17.4 Å². The van der Waals surface area contributed by atoms with Crippen LogP contribution in [0.25, 0.3) is 11.5 Å². The van der Waals surface area contributed by atoms with Gasteiger partial charge in [-0.3, -0.25) is 14.5 Å². The van der Waals surface area contributed by atoms with Crippen LogP contribution in [-0.4, -0.2) is 30.8 Å². The largest absolute Gasteiger partial charge is 0.343 e. The van der Waals surface area contributed by atoms with E-state index < -0.39 is 6.04 Å². The van der Waals surface area contributed by atoms with Crippen LogP contribution in [0.3, 0.4) is 0 Å². The molecule has 136 valence electrons. The van der Waals surface area contributed by atoms with E-state index in [1.54, 1.807) is 23.9 Å². The van der Waals surface area contributed by atoms with Gasteiger partial charge in [0, 0.05) is 11.9 Å². The van der Waals surface area contributed by atoms with Crippen molar-refractivity contribution >= 4 is 5.91 Å². The van der Waals surface area contributed by atoms with E-state index in [0.717, 1.165) is 17.8 Å². The minimum atomic E-state index is -0.407. The molecule has 0 saturated heterocycles. The molecular formula is C18H22N6O2. The minimum Gasteiger partial charge on any atom is -0.343 e. The Bertz CT molecular complexity index is 900. The van der Waals surface area contributed by atoms with Gasteiger partial charge in [-0.2, -0.15) is 10.1 Å². The molecule has 26 heavy (non-hydrogen) atoms. The van der Waals surface area contributed by atoms with E-state index in [-0.39, 0.29) is 12.5 Å². The maximum atomic E-state index is 12.4. The SMILES string of the molecule is CCc1c(C)nn(CC(=O)N[C@H](C)c2nc(-c3ccccn3)no2)c1C. The van der Waals surface area contributed by atoms with Crippen molar-refractivity contribution < 1.29 is 9.32 Å². The van der Waals surface area contributed by atoms with Gasteiger partial charge in [0.2, 0.25) is 17.6 Å². The van der Waals surface area contributed by atoms with Crippen molar-refractivity contribution in [1.29, 1.82) is 0 Å². The van der Waals surface area contributed by atoms with Gasteiger partial charge in [-0.25, -0.2) is 0 Å². The van der Waals surface area contributed by atoms with Crippen molar-refractivity contribution in [2.75, 3.05) is 0 Å². The standard InChI is InChI=1S/C18H22N6O2/c1-5-14-11(2)22-24(13(14)4)10-16(25)20-12(3)18-21-17(23-26-18)15-8-6-7-9-19-15/h6-9,12H,5,10H2,1-4H3,(H,20,25)/t12-/m1/s1. The molecule has 0 spiro atoms. The third-order valence-corrected chi connectivity index (χ3v) is 4.26. The van der Waals surface area contributed by atoms with E-state index in [4.69, 9.17) is 4.52 Å². The summed E-state index contributed by atoms with van der Waals surface area (Å²) < 4.78 is 6.98. The molecule has 0 saturated carbocycles. The molecule has 3 heterocycles. The number of nitrogens with one attached hydrogen (secondary N) is 1. The number of carbonyl (C=O) groups excluding carboxylic acids is 1. The van der Waals surface area contributed by atoms with Crippen LogP contribution in [0, 0.1) is 13.8 Å². The van der Waals surface area contributed by atoms with Gasteiger partial charge in [-0.15, -0.1) is 0 Å². The van der Waals surface area contributed by atoms with E-state index in [1.165, 1.54) is 5.56 Å². The van der Waals surface area contributed by atoms with Crippen molar-refractivity contribution in [1.82, 2.24) is 30.2 Å². The average molecular weight is 354 g/mol. The molecule has 0 radical (unpaired) electrons. The van der Waals surface area contributed by atoms with Gasteiger partial charge >= 0.3 is 0 Å². The first kappa shape index (κ1) is 17.8. The summed E-state index contributed by atoms with van der Waals surface area (Å²) >= 11 is 0. The lowest BCUT2D eigenvalue weighted by molar-refractivity contribution is -0.122. The molecule has 0 fully saturated rings. The number of hydrogen-bond donors (Lipinski definition) is 1. The molecule has 1 N–H and O–H groups in total. The molecule has 1 amide bonds. The Kier molecular flexibility index (Phi) is 5.11. The number of carbonyl (C=O) groups is 1. The molecule has 0 aliphatic rings. The summed E-state index contributed by atoms with van der Waals surface area (Å²) in [7, 11) is 0. The van der Waals surface area contributed by atoms with Crippen LogP contribution in [0.5, 0.6) is 0 Å². The number of aromatic nitrogens is 5. The Morgan fingerprint density at radius 1 is 1.35 bits per heavy atom. The normalized spacial score (nSPS) is 12.2. The summed E-state index contributed by atoms with van der Waals surface area (Å²) in [5, 5.41) is 11.2. The number of aryl methyl sites for hydroxylation is 1. The predicted molar refractivity (Wildman–Crippen MR) is 95.2 cm³/mol. The molecule has 3 rings (SSSR count). The van der Waals surface area contributed by atoms with Crippen molar-refractivity contribution in [3.8, 4) is 11.5 Å². The molecule has 8 heteroatoms. The average Bonchev–Trinajstić information content (AvgIpc) is 3.21. The number of pyridine rings is 1. The Morgan fingerprint density at radius 3 is 2.81 bits per heavy atom. The Morgan fingerprint density at radius 2 is 2.15 bits per heavy atom. The Labute approximate surface area is 151 Å². The highest BCUT2D eigenvalue weighted by atomic mass is 16.5. The second-order valence-electron chi connectivity index (χ2n) is 6.12. The van der Waals surface area contributed by atoms with Crippen LogP contribution in [0.1, 0.15) is 42.7 Å². The molecule has 1 atom stereocenters. The summed E-state index contributed by atoms with van der Waals surface area (Å²) in [6.07, 6.45) is 2.56. The van der Waals surface area contributed by atoms with Gasteiger partial charge < -0.3 is 9.84 Å². The third kappa shape index (κ3) is 3.63. The first-order valence-corrected chi connectivity index (χ1v) is 8.56. The fourth-order valence-electron chi connectivity index (χ4n) is 2.89. The first-order valence-electron chi connectivity index (χ1n) is 8.56. The second kappa shape index (κ2) is 7.47. The summed E-state index contributed by atoms with van der Waals surface area (Å²) in [5.41, 5.74) is 3.78. The number of amides is 1. The van der Waals surface area contributed by atoms with Crippen LogP contribution in [0.15, 0.2) is 28.9 Å². The van der Waals surface area contributed by atoms with E-state index >= 15 is 0 Å².